The molecule has 0 spiro atoms. The van der Waals surface area contributed by atoms with Crippen LogP contribution in [-0.2, 0) is 15.4 Å². The number of anilines is 1. The van der Waals surface area contributed by atoms with Gasteiger partial charge < -0.3 is 10.2 Å². The molecule has 0 radical (unpaired) electrons. The SMILES string of the molecule is Cc1cc(C(=O)N2CCN(S(=O)(=O)c3c(C)cc(C(C)(C)C)cc3C)CC2)ccc1NC(C)c1cc(Cl)ccc1Cl. The summed E-state index contributed by atoms with van der Waals surface area (Å²) in [7, 11) is -3.68. The van der Waals surface area contributed by atoms with Crippen LogP contribution in [0.2, 0.25) is 10.0 Å². The number of nitrogens with zero attached hydrogens (tertiary/aromatic N) is 2. The molecule has 1 fully saturated rings. The summed E-state index contributed by atoms with van der Waals surface area (Å²) >= 11 is 12.5. The fraction of sp³-hybridized carbons (Fsp3) is 0.406. The van der Waals surface area contributed by atoms with E-state index in [1.54, 1.807) is 23.1 Å². The molecular formula is C32H39Cl2N3O3S. The second kappa shape index (κ2) is 12.0. The molecular weight excluding hydrogens is 577 g/mol. The monoisotopic (exact) mass is 615 g/mol. The second-order valence-electron chi connectivity index (χ2n) is 11.9. The Bertz CT molecular complexity index is 1550. The molecule has 6 nitrogen and oxygen atoms in total. The van der Waals surface area contributed by atoms with Crippen molar-refractivity contribution in [2.24, 2.45) is 0 Å². The molecule has 1 atom stereocenters. The van der Waals surface area contributed by atoms with Gasteiger partial charge in [0.2, 0.25) is 10.0 Å². The second-order valence-corrected chi connectivity index (χ2v) is 14.7. The van der Waals surface area contributed by atoms with Crippen LogP contribution in [-0.4, -0.2) is 49.7 Å². The van der Waals surface area contributed by atoms with E-state index in [1.165, 1.54) is 4.31 Å². The molecule has 1 amide bonds. The summed E-state index contributed by atoms with van der Waals surface area (Å²) in [6, 6.07) is 14.8. The number of hydrogen-bond donors (Lipinski definition) is 1. The smallest absolute Gasteiger partial charge is 0.253 e. The van der Waals surface area contributed by atoms with Gasteiger partial charge >= 0.3 is 0 Å². The summed E-state index contributed by atoms with van der Waals surface area (Å²) in [5.41, 5.74) is 5.83. The highest BCUT2D eigenvalue weighted by Crippen LogP contribution is 2.32. The number of hydrogen-bond acceptors (Lipinski definition) is 4. The van der Waals surface area contributed by atoms with E-state index < -0.39 is 10.0 Å². The molecule has 1 aliphatic rings. The Morgan fingerprint density at radius 3 is 2.05 bits per heavy atom. The first-order valence-electron chi connectivity index (χ1n) is 13.8. The first-order valence-corrected chi connectivity index (χ1v) is 16.0. The van der Waals surface area contributed by atoms with Gasteiger partial charge in [0, 0.05) is 47.5 Å². The van der Waals surface area contributed by atoms with Crippen LogP contribution in [0.4, 0.5) is 5.69 Å². The minimum Gasteiger partial charge on any atom is -0.378 e. The maximum Gasteiger partial charge on any atom is 0.253 e. The number of piperazine rings is 1. The van der Waals surface area contributed by atoms with Gasteiger partial charge in [-0.2, -0.15) is 4.31 Å². The van der Waals surface area contributed by atoms with Crippen LogP contribution >= 0.6 is 23.2 Å². The Balaban J connectivity index is 1.44. The van der Waals surface area contributed by atoms with Crippen molar-refractivity contribution in [1.82, 2.24) is 9.21 Å². The molecule has 9 heteroatoms. The lowest BCUT2D eigenvalue weighted by Crippen LogP contribution is -2.50. The van der Waals surface area contributed by atoms with Crippen LogP contribution in [0.3, 0.4) is 0 Å². The van der Waals surface area contributed by atoms with Gasteiger partial charge in [-0.05, 0) is 97.3 Å². The van der Waals surface area contributed by atoms with E-state index in [2.05, 4.69) is 26.1 Å². The molecule has 1 aliphatic heterocycles. The minimum absolute atomic E-state index is 0.0709. The van der Waals surface area contributed by atoms with E-state index in [0.717, 1.165) is 33.5 Å². The summed E-state index contributed by atoms with van der Waals surface area (Å²) in [5, 5.41) is 4.71. The van der Waals surface area contributed by atoms with Crippen molar-refractivity contribution in [1.29, 1.82) is 0 Å². The molecule has 0 aliphatic carbocycles. The fourth-order valence-corrected chi connectivity index (χ4v) is 7.65. The predicted octanol–water partition coefficient (Wildman–Crippen LogP) is 7.54. The molecule has 0 aromatic heterocycles. The van der Waals surface area contributed by atoms with E-state index >= 15 is 0 Å². The molecule has 3 aromatic carbocycles. The maximum atomic E-state index is 13.6. The van der Waals surface area contributed by atoms with Gasteiger partial charge in [-0.25, -0.2) is 8.42 Å². The van der Waals surface area contributed by atoms with Crippen molar-refractivity contribution in [3.8, 4) is 0 Å². The molecule has 0 saturated carbocycles. The molecule has 1 unspecified atom stereocenters. The molecule has 1 N–H and O–H groups in total. The number of amides is 1. The van der Waals surface area contributed by atoms with Crippen molar-refractivity contribution in [3.63, 3.8) is 0 Å². The van der Waals surface area contributed by atoms with E-state index in [9.17, 15) is 13.2 Å². The number of benzene rings is 3. The summed E-state index contributed by atoms with van der Waals surface area (Å²) in [4.78, 5) is 15.5. The van der Waals surface area contributed by atoms with Crippen LogP contribution in [0.25, 0.3) is 0 Å². The molecule has 4 rings (SSSR count). The zero-order valence-electron chi connectivity index (χ0n) is 24.8. The van der Waals surface area contributed by atoms with Crippen LogP contribution in [0.15, 0.2) is 53.4 Å². The minimum atomic E-state index is -3.68. The van der Waals surface area contributed by atoms with E-state index in [0.29, 0.717) is 33.6 Å². The van der Waals surface area contributed by atoms with Gasteiger partial charge in [0.05, 0.1) is 10.9 Å². The zero-order valence-corrected chi connectivity index (χ0v) is 27.1. The highest BCUT2D eigenvalue weighted by molar-refractivity contribution is 7.89. The van der Waals surface area contributed by atoms with Crippen molar-refractivity contribution < 1.29 is 13.2 Å². The lowest BCUT2D eigenvalue weighted by molar-refractivity contribution is 0.0697. The van der Waals surface area contributed by atoms with Crippen LogP contribution in [0.1, 0.15) is 71.9 Å². The Hall–Kier alpha value is -2.58. The van der Waals surface area contributed by atoms with E-state index in [1.807, 2.05) is 58.0 Å². The normalized spacial score (nSPS) is 15.6. The van der Waals surface area contributed by atoms with Crippen molar-refractivity contribution >= 4 is 44.8 Å². The standard InChI is InChI=1S/C32H39Cl2N3O3S/c1-20-16-24(8-11-29(20)35-23(4)27-19-26(33)9-10-28(27)34)31(38)36-12-14-37(15-13-36)41(39,40)30-21(2)17-25(18-22(30)3)32(5,6)7/h8-11,16-19,23,35H,12-15H2,1-7H3. The number of nitrogens with one attached hydrogen (secondary N) is 1. The van der Waals surface area contributed by atoms with Crippen LogP contribution in [0.5, 0.6) is 0 Å². The summed E-state index contributed by atoms with van der Waals surface area (Å²) in [6.45, 7) is 15.2. The van der Waals surface area contributed by atoms with Gasteiger partial charge in [-0.3, -0.25) is 4.79 Å². The van der Waals surface area contributed by atoms with E-state index in [-0.39, 0.29) is 30.5 Å². The lowest BCUT2D eigenvalue weighted by Gasteiger charge is -2.35. The summed E-state index contributed by atoms with van der Waals surface area (Å²) in [6.07, 6.45) is 0. The highest BCUT2D eigenvalue weighted by atomic mass is 35.5. The largest absolute Gasteiger partial charge is 0.378 e. The Morgan fingerprint density at radius 1 is 0.878 bits per heavy atom. The fourth-order valence-electron chi connectivity index (χ4n) is 5.35. The number of aryl methyl sites for hydroxylation is 3. The van der Waals surface area contributed by atoms with Crippen molar-refractivity contribution in [2.75, 3.05) is 31.5 Å². The molecule has 1 saturated heterocycles. The van der Waals surface area contributed by atoms with E-state index in [4.69, 9.17) is 23.2 Å². The van der Waals surface area contributed by atoms with Gasteiger partial charge in [0.15, 0.2) is 0 Å². The summed E-state index contributed by atoms with van der Waals surface area (Å²) < 4.78 is 28.8. The van der Waals surface area contributed by atoms with Gasteiger partial charge in [-0.1, -0.05) is 56.1 Å². The van der Waals surface area contributed by atoms with Crippen molar-refractivity contribution in [2.45, 2.75) is 64.8 Å². The third kappa shape index (κ3) is 6.75. The quantitative estimate of drug-likeness (QED) is 0.311. The third-order valence-electron chi connectivity index (χ3n) is 7.72. The predicted molar refractivity (Wildman–Crippen MR) is 169 cm³/mol. The van der Waals surface area contributed by atoms with Gasteiger partial charge in [-0.15, -0.1) is 0 Å². The van der Waals surface area contributed by atoms with Crippen LogP contribution < -0.4 is 5.32 Å². The topological polar surface area (TPSA) is 69.7 Å². The molecule has 0 bridgehead atoms. The van der Waals surface area contributed by atoms with Gasteiger partial charge in [0.25, 0.3) is 5.91 Å². The van der Waals surface area contributed by atoms with Gasteiger partial charge in [0.1, 0.15) is 0 Å². The van der Waals surface area contributed by atoms with Crippen molar-refractivity contribution in [3.05, 3.63) is 92.0 Å². The Labute approximate surface area is 254 Å². The third-order valence-corrected chi connectivity index (χ3v) is 10.5. The molecule has 220 valence electrons. The number of rotatable bonds is 6. The zero-order chi connectivity index (χ0) is 30.3. The number of carbonyl (C=O) groups excluding carboxylic acids is 1. The molecule has 3 aromatic rings. The first kappa shape index (κ1) is 31.4. The van der Waals surface area contributed by atoms with Crippen LogP contribution in [0, 0.1) is 20.8 Å². The Kier molecular flexibility index (Phi) is 9.15. The number of sulfonamides is 1. The summed E-state index contributed by atoms with van der Waals surface area (Å²) in [5.74, 6) is -0.107. The average molecular weight is 617 g/mol. The molecule has 1 heterocycles. The highest BCUT2D eigenvalue weighted by Gasteiger charge is 2.33. The Morgan fingerprint density at radius 2 is 1.49 bits per heavy atom. The molecule has 41 heavy (non-hydrogen) atoms. The number of carbonyl (C=O) groups is 1. The number of halogens is 2. The first-order chi connectivity index (χ1) is 19.1. The lowest BCUT2D eigenvalue weighted by atomic mass is 9.85. The maximum absolute atomic E-state index is 13.6. The average Bonchev–Trinajstić information content (AvgIpc) is 2.89.